The van der Waals surface area contributed by atoms with E-state index in [9.17, 15) is 4.39 Å². The Balaban J connectivity index is 2.02. The summed E-state index contributed by atoms with van der Waals surface area (Å²) in [6.45, 7) is 0. The smallest absolute Gasteiger partial charge is 0.154 e. The van der Waals surface area contributed by atoms with Crippen molar-refractivity contribution in [3.63, 3.8) is 0 Å². The highest BCUT2D eigenvalue weighted by molar-refractivity contribution is 8.14. The summed E-state index contributed by atoms with van der Waals surface area (Å²) in [5, 5.41) is 1.08. The monoisotopic (exact) mass is 237 g/mol. The third kappa shape index (κ3) is 1.55. The van der Waals surface area contributed by atoms with Gasteiger partial charge >= 0.3 is 0 Å². The maximum absolute atomic E-state index is 13.7. The number of nitrogens with zero attached hydrogens (tertiary/aromatic N) is 1. The summed E-state index contributed by atoms with van der Waals surface area (Å²) < 4.78 is 13.7. The van der Waals surface area contributed by atoms with Crippen LogP contribution in [-0.4, -0.2) is 10.4 Å². The van der Waals surface area contributed by atoms with Crippen molar-refractivity contribution in [3.05, 3.63) is 29.6 Å². The number of amidine groups is 1. The second kappa shape index (κ2) is 3.38. The Morgan fingerprint density at radius 3 is 3.00 bits per heavy atom. The molecule has 3 atom stereocenters. The Morgan fingerprint density at radius 2 is 2.19 bits per heavy atom. The molecule has 3 unspecified atom stereocenters. The summed E-state index contributed by atoms with van der Waals surface area (Å²) in [6, 6.07) is 4.49. The Labute approximate surface area is 97.1 Å². The third-order valence-electron chi connectivity index (χ3n) is 3.06. The van der Waals surface area contributed by atoms with Crippen LogP contribution in [0.5, 0.6) is 0 Å². The molecule has 2 aliphatic rings. The van der Waals surface area contributed by atoms with E-state index < -0.39 is 0 Å². The SMILES string of the molecule is NC1=NC(c2cc(N)ccc2F)C2CC2S1. The molecule has 1 fully saturated rings. The lowest BCUT2D eigenvalue weighted by Gasteiger charge is -2.18. The number of anilines is 1. The molecule has 1 saturated carbocycles. The summed E-state index contributed by atoms with van der Waals surface area (Å²) in [5.41, 5.74) is 12.6. The molecule has 1 aromatic rings. The molecule has 0 saturated heterocycles. The lowest BCUT2D eigenvalue weighted by atomic mass is 10.0. The number of hydrogen-bond acceptors (Lipinski definition) is 4. The van der Waals surface area contributed by atoms with Crippen LogP contribution in [0.2, 0.25) is 0 Å². The number of halogens is 1. The lowest BCUT2D eigenvalue weighted by molar-refractivity contribution is 0.555. The fraction of sp³-hybridized carbons (Fsp3) is 0.364. The average molecular weight is 237 g/mol. The first-order valence-corrected chi connectivity index (χ1v) is 6.08. The molecule has 3 rings (SSSR count). The molecule has 0 bridgehead atoms. The largest absolute Gasteiger partial charge is 0.399 e. The first kappa shape index (κ1) is 9.96. The molecule has 0 radical (unpaired) electrons. The predicted molar refractivity (Wildman–Crippen MR) is 64.7 cm³/mol. The predicted octanol–water partition coefficient (Wildman–Crippen LogP) is 1.90. The molecule has 1 aliphatic carbocycles. The minimum atomic E-state index is -0.242. The van der Waals surface area contributed by atoms with Crippen LogP contribution in [0.15, 0.2) is 23.2 Å². The Kier molecular flexibility index (Phi) is 2.10. The molecule has 1 aromatic carbocycles. The highest BCUT2D eigenvalue weighted by Crippen LogP contribution is 2.54. The quantitative estimate of drug-likeness (QED) is 0.733. The van der Waals surface area contributed by atoms with E-state index in [4.69, 9.17) is 11.5 Å². The van der Waals surface area contributed by atoms with Crippen LogP contribution in [-0.2, 0) is 0 Å². The van der Waals surface area contributed by atoms with Gasteiger partial charge in [0.2, 0.25) is 0 Å². The van der Waals surface area contributed by atoms with Gasteiger partial charge in [-0.25, -0.2) is 4.39 Å². The van der Waals surface area contributed by atoms with E-state index in [-0.39, 0.29) is 11.9 Å². The lowest BCUT2D eigenvalue weighted by Crippen LogP contribution is -2.17. The van der Waals surface area contributed by atoms with Gasteiger partial charge in [-0.2, -0.15) is 0 Å². The van der Waals surface area contributed by atoms with E-state index in [1.54, 1.807) is 23.9 Å². The van der Waals surface area contributed by atoms with Crippen molar-refractivity contribution in [1.29, 1.82) is 0 Å². The van der Waals surface area contributed by atoms with Gasteiger partial charge in [-0.15, -0.1) is 0 Å². The van der Waals surface area contributed by atoms with Gasteiger partial charge < -0.3 is 11.5 Å². The Hall–Kier alpha value is -1.23. The number of benzene rings is 1. The van der Waals surface area contributed by atoms with Gasteiger partial charge in [0.1, 0.15) is 5.82 Å². The van der Waals surface area contributed by atoms with Crippen molar-refractivity contribution in [2.75, 3.05) is 5.73 Å². The molecule has 4 N–H and O–H groups in total. The third-order valence-corrected chi connectivity index (χ3v) is 4.25. The normalized spacial score (nSPS) is 31.8. The van der Waals surface area contributed by atoms with Crippen LogP contribution in [0, 0.1) is 11.7 Å². The first-order valence-electron chi connectivity index (χ1n) is 5.20. The van der Waals surface area contributed by atoms with Gasteiger partial charge in [-0.05, 0) is 30.5 Å². The zero-order chi connectivity index (χ0) is 11.3. The van der Waals surface area contributed by atoms with E-state index in [0.717, 1.165) is 6.42 Å². The zero-order valence-electron chi connectivity index (χ0n) is 8.56. The topological polar surface area (TPSA) is 64.4 Å². The van der Waals surface area contributed by atoms with Crippen molar-refractivity contribution < 1.29 is 4.39 Å². The summed E-state index contributed by atoms with van der Waals surface area (Å²) in [6.07, 6.45) is 1.06. The number of nitrogens with two attached hydrogens (primary N) is 2. The summed E-state index contributed by atoms with van der Waals surface area (Å²) in [4.78, 5) is 4.34. The van der Waals surface area contributed by atoms with E-state index in [1.165, 1.54) is 6.07 Å². The zero-order valence-corrected chi connectivity index (χ0v) is 9.38. The van der Waals surface area contributed by atoms with Gasteiger partial charge in [0, 0.05) is 16.5 Å². The van der Waals surface area contributed by atoms with Crippen LogP contribution < -0.4 is 11.5 Å². The second-order valence-corrected chi connectivity index (χ2v) is 5.51. The fourth-order valence-electron chi connectivity index (χ4n) is 2.16. The standard InChI is InChI=1S/C11H12FN3S/c12-8-2-1-5(13)3-6(8)10-7-4-9(7)16-11(14)15-10/h1-3,7,9-10H,4,13H2,(H2,14,15). The van der Waals surface area contributed by atoms with Gasteiger partial charge in [-0.3, -0.25) is 4.99 Å². The Bertz CT molecular complexity index is 474. The highest BCUT2D eigenvalue weighted by atomic mass is 32.2. The van der Waals surface area contributed by atoms with E-state index >= 15 is 0 Å². The van der Waals surface area contributed by atoms with Crippen LogP contribution in [0.1, 0.15) is 18.0 Å². The molecule has 1 aliphatic heterocycles. The summed E-state index contributed by atoms with van der Waals surface area (Å²) in [5.74, 6) is 0.182. The maximum Gasteiger partial charge on any atom is 0.154 e. The molecule has 0 amide bonds. The number of thioether (sulfide) groups is 1. The number of fused-ring (bicyclic) bond motifs is 1. The minimum Gasteiger partial charge on any atom is -0.399 e. The van der Waals surface area contributed by atoms with Gasteiger partial charge in [0.15, 0.2) is 5.17 Å². The van der Waals surface area contributed by atoms with Crippen LogP contribution in [0.4, 0.5) is 10.1 Å². The molecule has 84 valence electrons. The van der Waals surface area contributed by atoms with E-state index in [0.29, 0.717) is 27.6 Å². The number of aliphatic imine (C=N–C) groups is 1. The van der Waals surface area contributed by atoms with Crippen molar-refractivity contribution in [3.8, 4) is 0 Å². The average Bonchev–Trinajstić information content (AvgIpc) is 2.99. The fourth-order valence-corrected chi connectivity index (χ4v) is 3.29. The van der Waals surface area contributed by atoms with Crippen molar-refractivity contribution in [1.82, 2.24) is 0 Å². The van der Waals surface area contributed by atoms with Crippen molar-refractivity contribution in [2.24, 2.45) is 16.6 Å². The van der Waals surface area contributed by atoms with Crippen LogP contribution in [0.25, 0.3) is 0 Å². The minimum absolute atomic E-state index is 0.144. The number of hydrogen-bond donors (Lipinski definition) is 2. The first-order chi connectivity index (χ1) is 7.65. The van der Waals surface area contributed by atoms with Crippen molar-refractivity contribution >= 4 is 22.6 Å². The number of rotatable bonds is 1. The highest BCUT2D eigenvalue weighted by Gasteiger charge is 2.48. The molecule has 1 heterocycles. The Morgan fingerprint density at radius 1 is 1.38 bits per heavy atom. The van der Waals surface area contributed by atoms with Crippen molar-refractivity contribution in [2.45, 2.75) is 17.7 Å². The summed E-state index contributed by atoms with van der Waals surface area (Å²) >= 11 is 1.60. The molecule has 0 spiro atoms. The molecule has 0 aromatic heterocycles. The molecule has 16 heavy (non-hydrogen) atoms. The number of nitrogen functional groups attached to an aromatic ring is 1. The molecular weight excluding hydrogens is 225 g/mol. The van der Waals surface area contributed by atoms with Gasteiger partial charge in [-0.1, -0.05) is 11.8 Å². The molecular formula is C11H12FN3S. The van der Waals surface area contributed by atoms with Crippen LogP contribution >= 0.6 is 11.8 Å². The van der Waals surface area contributed by atoms with E-state index in [2.05, 4.69) is 4.99 Å². The van der Waals surface area contributed by atoms with Gasteiger partial charge in [0.25, 0.3) is 0 Å². The van der Waals surface area contributed by atoms with Crippen LogP contribution in [0.3, 0.4) is 0 Å². The van der Waals surface area contributed by atoms with E-state index in [1.807, 2.05) is 0 Å². The second-order valence-electron chi connectivity index (χ2n) is 4.25. The molecule has 3 nitrogen and oxygen atoms in total. The molecule has 5 heteroatoms. The van der Waals surface area contributed by atoms with Gasteiger partial charge in [0.05, 0.1) is 6.04 Å². The maximum atomic E-state index is 13.7. The summed E-state index contributed by atoms with van der Waals surface area (Å²) in [7, 11) is 0.